The number of furan rings is 2. The van der Waals surface area contributed by atoms with Crippen LogP contribution in [0.2, 0.25) is 0 Å². The quantitative estimate of drug-likeness (QED) is 0.214. The van der Waals surface area contributed by atoms with E-state index in [0.717, 1.165) is 74.1 Å². The number of rotatable bonds is 4. The van der Waals surface area contributed by atoms with E-state index in [9.17, 15) is 0 Å². The van der Waals surface area contributed by atoms with Gasteiger partial charge in [-0.2, -0.15) is 0 Å². The minimum Gasteiger partial charge on any atom is -0.455 e. The van der Waals surface area contributed by atoms with E-state index in [1.54, 1.807) is 0 Å². The van der Waals surface area contributed by atoms with E-state index in [-0.39, 0.29) is 0 Å². The molecule has 8 rings (SSSR count). The molecule has 194 valence electrons. The van der Waals surface area contributed by atoms with Gasteiger partial charge in [0.2, 0.25) is 0 Å². The molecule has 0 spiro atoms. The molecule has 2 aromatic heterocycles. The summed E-state index contributed by atoms with van der Waals surface area (Å²) < 4.78 is 13.4. The summed E-state index contributed by atoms with van der Waals surface area (Å²) in [7, 11) is 0. The van der Waals surface area contributed by atoms with Gasteiger partial charge in [-0.1, -0.05) is 121 Å². The molecule has 0 amide bonds. The lowest BCUT2D eigenvalue weighted by atomic mass is 9.85. The molecule has 2 heteroatoms. The molecule has 0 aliphatic heterocycles. The summed E-state index contributed by atoms with van der Waals surface area (Å²) in [6, 6.07) is 31.7. The van der Waals surface area contributed by atoms with Crippen molar-refractivity contribution in [3.05, 3.63) is 132 Å². The maximum Gasteiger partial charge on any atom is 0.143 e. The summed E-state index contributed by atoms with van der Waals surface area (Å²) >= 11 is 0. The van der Waals surface area contributed by atoms with Crippen LogP contribution in [0.25, 0.3) is 67.4 Å². The van der Waals surface area contributed by atoms with Crippen LogP contribution in [-0.4, -0.2) is 0 Å². The first-order valence-electron chi connectivity index (χ1n) is 14.1. The highest BCUT2D eigenvalue weighted by Crippen LogP contribution is 2.47. The maximum absolute atomic E-state index is 6.87. The molecule has 0 fully saturated rings. The summed E-state index contributed by atoms with van der Waals surface area (Å²) in [6.45, 7) is 0. The standard InChI is InChI=1S/C39H26O2/c1-2-5-15-26(14-4-1)36-29(31-23-13-22-30-28-18-10-11-25-35(28)40-38(30)31)21-12-24-34(36)39-33-20-9-8-19-32(33)37(41-39)27-16-6-3-7-17-27/h1,3-4,6-8,10-14,16-19,21-25H,9,15,20H2. The predicted octanol–water partition coefficient (Wildman–Crippen LogP) is 10.5. The largest absolute Gasteiger partial charge is 0.455 e. The van der Waals surface area contributed by atoms with E-state index in [2.05, 4.69) is 103 Å². The Kier molecular flexibility index (Phi) is 5.61. The summed E-state index contributed by atoms with van der Waals surface area (Å²) in [6.07, 6.45) is 13.2. The lowest BCUT2D eigenvalue weighted by molar-refractivity contribution is 0.594. The SMILES string of the molecule is C1#CCC(c2c(-c3oc(-c4ccccc4)c4c3CCC=C4)cccc2-c2cccc3c2oc2ccccc23)=CC=C1. The zero-order valence-corrected chi connectivity index (χ0v) is 22.5. The fraction of sp³-hybridized carbons (Fsp3) is 0.0769. The molecular weight excluding hydrogens is 500 g/mol. The molecule has 2 nitrogen and oxygen atoms in total. The summed E-state index contributed by atoms with van der Waals surface area (Å²) in [4.78, 5) is 0. The third kappa shape index (κ3) is 3.90. The van der Waals surface area contributed by atoms with Crippen molar-refractivity contribution < 1.29 is 8.83 Å². The molecule has 41 heavy (non-hydrogen) atoms. The lowest BCUT2D eigenvalue weighted by Crippen LogP contribution is -1.98. The summed E-state index contributed by atoms with van der Waals surface area (Å²) in [5, 5.41) is 2.25. The topological polar surface area (TPSA) is 26.3 Å². The first-order chi connectivity index (χ1) is 20.4. The van der Waals surface area contributed by atoms with Crippen LogP contribution in [0.1, 0.15) is 29.5 Å². The van der Waals surface area contributed by atoms with Gasteiger partial charge in [0.1, 0.15) is 22.7 Å². The number of hydrogen-bond acceptors (Lipinski definition) is 2. The van der Waals surface area contributed by atoms with Crippen LogP contribution < -0.4 is 0 Å². The molecule has 0 unspecified atom stereocenters. The Bertz CT molecular complexity index is 2120. The first-order valence-corrected chi connectivity index (χ1v) is 14.1. The number of fused-ring (bicyclic) bond motifs is 4. The van der Waals surface area contributed by atoms with Crippen molar-refractivity contribution in [2.75, 3.05) is 0 Å². The van der Waals surface area contributed by atoms with E-state index >= 15 is 0 Å². The lowest BCUT2D eigenvalue weighted by Gasteiger charge is -2.17. The van der Waals surface area contributed by atoms with Gasteiger partial charge in [-0.3, -0.25) is 0 Å². The van der Waals surface area contributed by atoms with Crippen LogP contribution >= 0.6 is 0 Å². The van der Waals surface area contributed by atoms with Crippen LogP contribution in [0.4, 0.5) is 0 Å². The number of para-hydroxylation sites is 2. The summed E-state index contributed by atoms with van der Waals surface area (Å²) in [5.74, 6) is 8.36. The van der Waals surface area contributed by atoms with Crippen molar-refractivity contribution in [3.8, 4) is 45.6 Å². The predicted molar refractivity (Wildman–Crippen MR) is 169 cm³/mol. The fourth-order valence-corrected chi connectivity index (χ4v) is 6.27. The van der Waals surface area contributed by atoms with E-state index in [1.807, 2.05) is 30.4 Å². The first kappa shape index (κ1) is 23.6. The van der Waals surface area contributed by atoms with Crippen molar-refractivity contribution in [2.24, 2.45) is 0 Å². The molecule has 6 aromatic rings. The molecule has 0 atom stereocenters. The van der Waals surface area contributed by atoms with Crippen LogP contribution in [0.3, 0.4) is 0 Å². The van der Waals surface area contributed by atoms with E-state index in [0.29, 0.717) is 6.42 Å². The second-order valence-corrected chi connectivity index (χ2v) is 10.5. The van der Waals surface area contributed by atoms with Crippen LogP contribution in [0.15, 0.2) is 124 Å². The Morgan fingerprint density at radius 3 is 2.44 bits per heavy atom. The zero-order valence-electron chi connectivity index (χ0n) is 22.5. The third-order valence-corrected chi connectivity index (χ3v) is 8.11. The Morgan fingerprint density at radius 2 is 1.49 bits per heavy atom. The van der Waals surface area contributed by atoms with Crippen molar-refractivity contribution in [3.63, 3.8) is 0 Å². The van der Waals surface area contributed by atoms with Gasteiger partial charge in [-0.05, 0) is 41.7 Å². The van der Waals surface area contributed by atoms with Gasteiger partial charge in [0.25, 0.3) is 0 Å². The average Bonchev–Trinajstić information content (AvgIpc) is 3.49. The van der Waals surface area contributed by atoms with Crippen molar-refractivity contribution in [2.45, 2.75) is 19.3 Å². The van der Waals surface area contributed by atoms with Crippen molar-refractivity contribution in [1.29, 1.82) is 0 Å². The molecule has 2 aliphatic carbocycles. The fourth-order valence-electron chi connectivity index (χ4n) is 6.27. The molecule has 0 radical (unpaired) electrons. The van der Waals surface area contributed by atoms with E-state index in [1.165, 1.54) is 16.7 Å². The molecular formula is C39H26O2. The van der Waals surface area contributed by atoms with Gasteiger partial charge in [-0.15, -0.1) is 0 Å². The maximum atomic E-state index is 6.87. The monoisotopic (exact) mass is 526 g/mol. The molecule has 0 N–H and O–H groups in total. The third-order valence-electron chi connectivity index (χ3n) is 8.11. The van der Waals surface area contributed by atoms with Gasteiger partial charge in [0, 0.05) is 45.0 Å². The van der Waals surface area contributed by atoms with Gasteiger partial charge in [0.15, 0.2) is 0 Å². The van der Waals surface area contributed by atoms with Crippen LogP contribution in [0.5, 0.6) is 0 Å². The van der Waals surface area contributed by atoms with Gasteiger partial charge in [0.05, 0.1) is 0 Å². The second kappa shape index (κ2) is 9.73. The highest BCUT2D eigenvalue weighted by atomic mass is 16.3. The Hall–Kier alpha value is -5.26. The van der Waals surface area contributed by atoms with Crippen LogP contribution in [0, 0.1) is 11.8 Å². The Morgan fingerprint density at radius 1 is 0.683 bits per heavy atom. The minimum absolute atomic E-state index is 0.654. The minimum atomic E-state index is 0.654. The normalized spacial score (nSPS) is 14.0. The Balaban J connectivity index is 1.43. The zero-order chi connectivity index (χ0) is 27.2. The Labute approximate surface area is 238 Å². The molecule has 4 aromatic carbocycles. The smallest absolute Gasteiger partial charge is 0.143 e. The van der Waals surface area contributed by atoms with Gasteiger partial charge >= 0.3 is 0 Å². The van der Waals surface area contributed by atoms with Crippen molar-refractivity contribution >= 4 is 33.6 Å². The molecule has 0 saturated carbocycles. The highest BCUT2D eigenvalue weighted by molar-refractivity contribution is 6.10. The van der Waals surface area contributed by atoms with Crippen molar-refractivity contribution in [1.82, 2.24) is 0 Å². The number of benzene rings is 4. The number of hydrogen-bond donors (Lipinski definition) is 0. The molecule has 2 aliphatic rings. The van der Waals surface area contributed by atoms with E-state index < -0.39 is 0 Å². The average molecular weight is 527 g/mol. The summed E-state index contributed by atoms with van der Waals surface area (Å²) in [5.41, 5.74) is 10.9. The highest BCUT2D eigenvalue weighted by Gasteiger charge is 2.26. The van der Waals surface area contributed by atoms with E-state index in [4.69, 9.17) is 8.83 Å². The second-order valence-electron chi connectivity index (χ2n) is 10.5. The van der Waals surface area contributed by atoms with Crippen LogP contribution in [-0.2, 0) is 6.42 Å². The molecule has 2 heterocycles. The van der Waals surface area contributed by atoms with Gasteiger partial charge in [-0.25, -0.2) is 0 Å². The molecule has 0 saturated heterocycles. The van der Waals surface area contributed by atoms with Gasteiger partial charge < -0.3 is 8.83 Å². The number of allylic oxidation sites excluding steroid dienone is 5. The molecule has 0 bridgehead atoms.